The number of carbonyl (C=O) groups is 1. The van der Waals surface area contributed by atoms with Crippen LogP contribution in [0.5, 0.6) is 0 Å². The molecule has 0 fully saturated rings. The molecule has 0 atom stereocenters. The third-order valence-electron chi connectivity index (χ3n) is 5.13. The molecule has 2 N–H and O–H groups in total. The van der Waals surface area contributed by atoms with Crippen LogP contribution in [0.2, 0.25) is 0 Å². The molecule has 32 heavy (non-hydrogen) atoms. The van der Waals surface area contributed by atoms with E-state index in [1.54, 1.807) is 25.1 Å². The van der Waals surface area contributed by atoms with Gasteiger partial charge in [0.25, 0.3) is 0 Å². The number of hydrogen-bond acceptors (Lipinski definition) is 5. The molecule has 0 radical (unpaired) electrons. The number of nitrogens with two attached hydrogens (primary N) is 1. The third-order valence-corrected chi connectivity index (χ3v) is 5.13. The minimum atomic E-state index is -0.260. The van der Waals surface area contributed by atoms with E-state index in [-0.39, 0.29) is 30.3 Å². The number of benzene rings is 2. The van der Waals surface area contributed by atoms with Gasteiger partial charge in [-0.2, -0.15) is 7.05 Å². The van der Waals surface area contributed by atoms with E-state index in [2.05, 4.69) is 17.1 Å². The summed E-state index contributed by atoms with van der Waals surface area (Å²) in [5.74, 6) is 0.437. The first kappa shape index (κ1) is 23.2. The summed E-state index contributed by atoms with van der Waals surface area (Å²) < 4.78 is 3.00. The molecule has 0 aliphatic heterocycles. The molecule has 9 heteroatoms. The molecule has 0 saturated carbocycles. The number of amides is 1. The van der Waals surface area contributed by atoms with Crippen LogP contribution < -0.4 is 30.2 Å². The predicted molar refractivity (Wildman–Crippen MR) is 120 cm³/mol. The normalized spacial score (nSPS) is 10.7. The minimum absolute atomic E-state index is 0. The molecule has 0 aliphatic rings. The molecule has 0 spiro atoms. The second-order valence-electron chi connectivity index (χ2n) is 7.60. The van der Waals surface area contributed by atoms with E-state index in [4.69, 9.17) is 5.73 Å². The van der Waals surface area contributed by atoms with Gasteiger partial charge in [-0.1, -0.05) is 30.3 Å². The molecule has 0 bridgehead atoms. The van der Waals surface area contributed by atoms with Crippen molar-refractivity contribution in [3.63, 3.8) is 0 Å². The van der Waals surface area contributed by atoms with Crippen molar-refractivity contribution in [1.82, 2.24) is 24.2 Å². The van der Waals surface area contributed by atoms with Crippen molar-refractivity contribution < 1.29 is 23.7 Å². The van der Waals surface area contributed by atoms with Crippen molar-refractivity contribution in [2.24, 2.45) is 0 Å². The Hall–Kier alpha value is -3.47. The van der Waals surface area contributed by atoms with E-state index in [9.17, 15) is 9.59 Å². The molecule has 0 saturated heterocycles. The van der Waals surface area contributed by atoms with E-state index in [0.717, 1.165) is 32.4 Å². The zero-order valence-corrected chi connectivity index (χ0v) is 18.4. The predicted octanol–water partition coefficient (Wildman–Crippen LogP) is -0.835. The Bertz CT molecular complexity index is 1340. The number of hydrogen-bond donors (Lipinski definition) is 1. The number of aromatic nitrogens is 4. The monoisotopic (exact) mass is 422 g/mol. The number of likely N-dealkylation sites (N-methyl/N-ethyl adjacent to an activating group) is 1. The van der Waals surface area contributed by atoms with Crippen LogP contribution >= 0.6 is 0 Å². The zero-order valence-electron chi connectivity index (χ0n) is 18.4. The summed E-state index contributed by atoms with van der Waals surface area (Å²) in [6.45, 7) is 0.524. The van der Waals surface area contributed by atoms with Gasteiger partial charge in [0.2, 0.25) is 11.9 Å². The van der Waals surface area contributed by atoms with Crippen molar-refractivity contribution in [3.05, 3.63) is 83.1 Å². The maximum Gasteiger partial charge on any atom is 1.00 e. The molecule has 158 valence electrons. The summed E-state index contributed by atoms with van der Waals surface area (Å²) in [5.41, 5.74) is 11.0. The SMILES string of the molecule is [CH2-]n1nc(-c2cccc(Cn3c(N)nc4cc(CC(=O)N(C)C)ccc43)c2)ccc1=O.[Li+]. The smallest absolute Gasteiger partial charge is 0.381 e. The maximum absolute atomic E-state index is 12.0. The van der Waals surface area contributed by atoms with Crippen molar-refractivity contribution in [3.8, 4) is 11.3 Å². The number of rotatable bonds is 5. The van der Waals surface area contributed by atoms with Gasteiger partial charge in [0.15, 0.2) is 0 Å². The van der Waals surface area contributed by atoms with Gasteiger partial charge in [0, 0.05) is 19.7 Å². The van der Waals surface area contributed by atoms with Crippen molar-refractivity contribution in [2.75, 3.05) is 19.8 Å². The molecule has 8 nitrogen and oxygen atoms in total. The van der Waals surface area contributed by atoms with Gasteiger partial charge < -0.3 is 24.7 Å². The largest absolute Gasteiger partial charge is 1.00 e. The fourth-order valence-corrected chi connectivity index (χ4v) is 3.42. The molecule has 2 heterocycles. The zero-order chi connectivity index (χ0) is 22.1. The van der Waals surface area contributed by atoms with E-state index < -0.39 is 0 Å². The summed E-state index contributed by atoms with van der Waals surface area (Å²) in [5, 5.41) is 4.21. The van der Waals surface area contributed by atoms with Crippen LogP contribution in [-0.4, -0.2) is 44.2 Å². The van der Waals surface area contributed by atoms with Gasteiger partial charge in [0.1, 0.15) is 5.56 Å². The molecule has 4 rings (SSSR count). The van der Waals surface area contributed by atoms with E-state index in [1.165, 1.54) is 6.07 Å². The average molecular weight is 422 g/mol. The van der Waals surface area contributed by atoms with E-state index in [0.29, 0.717) is 24.6 Å². The second kappa shape index (κ2) is 9.35. The summed E-state index contributed by atoms with van der Waals surface area (Å²) in [7, 11) is 7.09. The maximum atomic E-state index is 12.0. The molecule has 1 amide bonds. The summed E-state index contributed by atoms with van der Waals surface area (Å²) in [4.78, 5) is 29.6. The first-order chi connectivity index (χ1) is 14.8. The minimum Gasteiger partial charge on any atom is -0.381 e. The van der Waals surface area contributed by atoms with Crippen molar-refractivity contribution in [1.29, 1.82) is 0 Å². The molecule has 2 aromatic heterocycles. The van der Waals surface area contributed by atoms with Gasteiger partial charge in [0.05, 0.1) is 29.7 Å². The molecule has 0 aliphatic carbocycles. The van der Waals surface area contributed by atoms with Crippen LogP contribution in [-0.2, 0) is 17.8 Å². The van der Waals surface area contributed by atoms with E-state index in [1.807, 2.05) is 47.0 Å². The topological polar surface area (TPSA) is 99.0 Å². The summed E-state index contributed by atoms with van der Waals surface area (Å²) in [6.07, 6.45) is 0.319. The van der Waals surface area contributed by atoms with Crippen LogP contribution in [0, 0.1) is 7.05 Å². The first-order valence-corrected chi connectivity index (χ1v) is 9.77. The van der Waals surface area contributed by atoms with Gasteiger partial charge in [-0.25, -0.2) is 10.1 Å². The Balaban J connectivity index is 0.00000289. The average Bonchev–Trinajstić information content (AvgIpc) is 3.04. The fourth-order valence-electron chi connectivity index (χ4n) is 3.42. The number of fused-ring (bicyclic) bond motifs is 1. The summed E-state index contributed by atoms with van der Waals surface area (Å²) in [6, 6.07) is 16.8. The molecule has 4 aromatic rings. The van der Waals surface area contributed by atoms with Crippen molar-refractivity contribution >= 4 is 22.9 Å². The van der Waals surface area contributed by atoms with Gasteiger partial charge >= 0.3 is 18.9 Å². The third kappa shape index (κ3) is 4.72. The Morgan fingerprint density at radius 3 is 2.59 bits per heavy atom. The Morgan fingerprint density at radius 1 is 1.09 bits per heavy atom. The van der Waals surface area contributed by atoms with Gasteiger partial charge in [-0.3, -0.25) is 4.79 Å². The first-order valence-electron chi connectivity index (χ1n) is 9.77. The van der Waals surface area contributed by atoms with Crippen LogP contribution in [0.25, 0.3) is 22.3 Å². The number of imidazole rings is 1. The van der Waals surface area contributed by atoms with E-state index >= 15 is 0 Å². The fraction of sp³-hybridized carbons (Fsp3) is 0.174. The van der Waals surface area contributed by atoms with Crippen molar-refractivity contribution in [2.45, 2.75) is 13.0 Å². The molecular formula is C23H23LiN6O2. The standard InChI is InChI=1S/C23H23N6O2.Li/c1-27(2)22(31)13-15-7-9-20-19(12-15)25-23(24)29(20)14-16-5-4-6-17(11-16)18-8-10-21(30)28(3)26-18;/h4-12H,3,13-14H2,1-2H3,(H2,24,25);/q-1;+1. The Kier molecular flexibility index (Phi) is 6.77. The Labute approximate surface area is 197 Å². The van der Waals surface area contributed by atoms with Crippen LogP contribution in [0.1, 0.15) is 11.1 Å². The summed E-state index contributed by atoms with van der Waals surface area (Å²) >= 11 is 0. The van der Waals surface area contributed by atoms with Crippen LogP contribution in [0.15, 0.2) is 59.4 Å². The number of nitrogen functional groups attached to an aromatic ring is 1. The quantitative estimate of drug-likeness (QED) is 0.334. The number of anilines is 1. The second-order valence-corrected chi connectivity index (χ2v) is 7.60. The van der Waals surface area contributed by atoms with Crippen LogP contribution in [0.3, 0.4) is 0 Å². The van der Waals surface area contributed by atoms with Gasteiger partial charge in [-0.05, 0) is 35.4 Å². The Morgan fingerprint density at radius 2 is 1.88 bits per heavy atom. The molecule has 2 aromatic carbocycles. The van der Waals surface area contributed by atoms with Crippen LogP contribution in [0.4, 0.5) is 5.95 Å². The number of carbonyl (C=O) groups excluding carboxylic acids is 1. The van der Waals surface area contributed by atoms with Gasteiger partial charge in [-0.15, -0.1) is 0 Å². The molecular weight excluding hydrogens is 399 g/mol. The molecule has 0 unspecified atom stereocenters. The number of nitrogens with zero attached hydrogens (tertiary/aromatic N) is 5.